The highest BCUT2D eigenvalue weighted by molar-refractivity contribution is 6.00. The fourth-order valence-electron chi connectivity index (χ4n) is 3.72. The van der Waals surface area contributed by atoms with E-state index in [1.165, 1.54) is 0 Å². The molecule has 2 aliphatic rings. The average molecular weight is 346 g/mol. The minimum atomic E-state index is -0.540. The molecular formula is C19H26N2O4. The summed E-state index contributed by atoms with van der Waals surface area (Å²) in [6, 6.07) is 7.55. The predicted octanol–water partition coefficient (Wildman–Crippen LogP) is 1.95. The van der Waals surface area contributed by atoms with Crippen LogP contribution >= 0.6 is 0 Å². The van der Waals surface area contributed by atoms with Crippen LogP contribution in [-0.4, -0.2) is 53.7 Å². The summed E-state index contributed by atoms with van der Waals surface area (Å²) in [7, 11) is 0. The smallest absolute Gasteiger partial charge is 0.267 e. The number of aliphatic hydroxyl groups is 1. The number of benzene rings is 1. The van der Waals surface area contributed by atoms with Gasteiger partial charge in [0.1, 0.15) is 5.75 Å². The number of hydrogen-bond acceptors (Lipinski definition) is 4. The fourth-order valence-corrected chi connectivity index (χ4v) is 3.72. The zero-order valence-corrected chi connectivity index (χ0v) is 14.7. The molecule has 1 saturated heterocycles. The van der Waals surface area contributed by atoms with Gasteiger partial charge in [0, 0.05) is 32.2 Å². The van der Waals surface area contributed by atoms with E-state index in [4.69, 9.17) is 4.74 Å². The molecule has 3 rings (SSSR count). The zero-order chi connectivity index (χ0) is 17.8. The Bertz CT molecular complexity index is 632. The van der Waals surface area contributed by atoms with Gasteiger partial charge in [0.2, 0.25) is 5.91 Å². The molecule has 0 radical (unpaired) electrons. The number of fused-ring (bicyclic) bond motifs is 1. The van der Waals surface area contributed by atoms with Gasteiger partial charge in [0.25, 0.3) is 5.91 Å². The summed E-state index contributed by atoms with van der Waals surface area (Å²) in [6.07, 6.45) is 3.42. The zero-order valence-electron chi connectivity index (χ0n) is 14.7. The van der Waals surface area contributed by atoms with Gasteiger partial charge < -0.3 is 19.6 Å². The number of anilines is 1. The van der Waals surface area contributed by atoms with Crippen molar-refractivity contribution in [3.05, 3.63) is 24.3 Å². The Balaban J connectivity index is 1.68. The van der Waals surface area contributed by atoms with Crippen LogP contribution in [0.3, 0.4) is 0 Å². The van der Waals surface area contributed by atoms with Gasteiger partial charge in [-0.3, -0.25) is 9.59 Å². The second-order valence-corrected chi connectivity index (χ2v) is 6.72. The molecule has 2 amide bonds. The first-order chi connectivity index (χ1) is 12.1. The summed E-state index contributed by atoms with van der Waals surface area (Å²) in [5.41, 5.74) is 0.726. The van der Waals surface area contributed by atoms with E-state index in [-0.39, 0.29) is 30.9 Å². The maximum absolute atomic E-state index is 12.7. The summed E-state index contributed by atoms with van der Waals surface area (Å²) in [5, 5.41) is 9.22. The number of aliphatic hydroxyl groups excluding tert-OH is 1. The minimum absolute atomic E-state index is 0.0579. The molecule has 25 heavy (non-hydrogen) atoms. The monoisotopic (exact) mass is 346 g/mol. The molecule has 6 heteroatoms. The number of hydrogen-bond donors (Lipinski definition) is 1. The summed E-state index contributed by atoms with van der Waals surface area (Å²) in [6.45, 7) is 2.93. The van der Waals surface area contributed by atoms with Crippen molar-refractivity contribution < 1.29 is 19.4 Å². The van der Waals surface area contributed by atoms with E-state index in [0.29, 0.717) is 18.7 Å². The molecule has 0 aromatic heterocycles. The van der Waals surface area contributed by atoms with Crippen LogP contribution in [0.2, 0.25) is 0 Å². The van der Waals surface area contributed by atoms with Gasteiger partial charge >= 0.3 is 0 Å². The summed E-state index contributed by atoms with van der Waals surface area (Å²) in [5.74, 6) is 0.623. The van der Waals surface area contributed by atoms with E-state index < -0.39 is 6.10 Å². The third-order valence-corrected chi connectivity index (χ3v) is 5.03. The molecular weight excluding hydrogens is 320 g/mol. The van der Waals surface area contributed by atoms with Crippen molar-refractivity contribution in [3.8, 4) is 5.75 Å². The molecule has 0 spiro atoms. The lowest BCUT2D eigenvalue weighted by Gasteiger charge is -2.37. The van der Waals surface area contributed by atoms with Crippen molar-refractivity contribution in [2.45, 2.75) is 51.2 Å². The molecule has 1 aromatic rings. The standard InChI is InChI=1S/C19H26N2O4/c1-14-19(24)21(16-7-2-3-8-17(16)25-14)12-9-18(23)20-11-5-4-6-15(20)10-13-22/h2-3,7-8,14-15,22H,4-6,9-13H2,1H3. The Kier molecular flexibility index (Phi) is 5.58. The molecule has 1 N–H and O–H groups in total. The topological polar surface area (TPSA) is 70.1 Å². The van der Waals surface area contributed by atoms with Crippen LogP contribution in [0, 0.1) is 0 Å². The quantitative estimate of drug-likeness (QED) is 0.885. The number of carbonyl (C=O) groups excluding carboxylic acids is 2. The maximum atomic E-state index is 12.7. The lowest BCUT2D eigenvalue weighted by atomic mass is 9.99. The number of ether oxygens (including phenoxy) is 1. The van der Waals surface area contributed by atoms with Crippen molar-refractivity contribution in [2.24, 2.45) is 0 Å². The van der Waals surface area contributed by atoms with Crippen molar-refractivity contribution in [1.29, 1.82) is 0 Å². The molecule has 1 fully saturated rings. The molecule has 1 aromatic carbocycles. The van der Waals surface area contributed by atoms with E-state index in [2.05, 4.69) is 0 Å². The summed E-state index contributed by atoms with van der Waals surface area (Å²) >= 11 is 0. The Morgan fingerprint density at radius 2 is 2.12 bits per heavy atom. The number of carbonyl (C=O) groups is 2. The second-order valence-electron chi connectivity index (χ2n) is 6.72. The van der Waals surface area contributed by atoms with E-state index >= 15 is 0 Å². The van der Waals surface area contributed by atoms with Crippen LogP contribution in [0.1, 0.15) is 39.0 Å². The van der Waals surface area contributed by atoms with Gasteiger partial charge in [0.15, 0.2) is 6.10 Å². The molecule has 0 saturated carbocycles. The van der Waals surface area contributed by atoms with Crippen molar-refractivity contribution in [1.82, 2.24) is 4.90 Å². The first-order valence-corrected chi connectivity index (χ1v) is 9.09. The Labute approximate surface area is 148 Å². The van der Waals surface area contributed by atoms with Gasteiger partial charge in [-0.15, -0.1) is 0 Å². The van der Waals surface area contributed by atoms with Crippen molar-refractivity contribution >= 4 is 17.5 Å². The lowest BCUT2D eigenvalue weighted by Crippen LogP contribution is -2.48. The Hall–Kier alpha value is -2.08. The second kappa shape index (κ2) is 7.87. The Morgan fingerprint density at radius 1 is 1.32 bits per heavy atom. The number of nitrogens with zero attached hydrogens (tertiary/aromatic N) is 2. The lowest BCUT2D eigenvalue weighted by molar-refractivity contribution is -0.135. The predicted molar refractivity (Wildman–Crippen MR) is 94.6 cm³/mol. The van der Waals surface area contributed by atoms with Crippen LogP contribution in [0.15, 0.2) is 24.3 Å². The van der Waals surface area contributed by atoms with Crippen molar-refractivity contribution in [2.75, 3.05) is 24.6 Å². The molecule has 6 nitrogen and oxygen atoms in total. The van der Waals surface area contributed by atoms with Gasteiger partial charge in [-0.25, -0.2) is 0 Å². The summed E-state index contributed by atoms with van der Waals surface area (Å²) < 4.78 is 5.63. The number of amides is 2. The highest BCUT2D eigenvalue weighted by Gasteiger charge is 2.32. The van der Waals surface area contributed by atoms with E-state index in [0.717, 1.165) is 31.5 Å². The highest BCUT2D eigenvalue weighted by atomic mass is 16.5. The highest BCUT2D eigenvalue weighted by Crippen LogP contribution is 2.33. The average Bonchev–Trinajstić information content (AvgIpc) is 2.62. The molecule has 0 bridgehead atoms. The van der Waals surface area contributed by atoms with Crippen LogP contribution in [0.25, 0.3) is 0 Å². The minimum Gasteiger partial charge on any atom is -0.479 e. The number of rotatable bonds is 5. The molecule has 2 unspecified atom stereocenters. The molecule has 136 valence electrons. The molecule has 2 atom stereocenters. The number of para-hydroxylation sites is 2. The van der Waals surface area contributed by atoms with Crippen LogP contribution in [-0.2, 0) is 9.59 Å². The molecule has 2 heterocycles. The van der Waals surface area contributed by atoms with Gasteiger partial charge in [-0.05, 0) is 44.7 Å². The molecule has 0 aliphatic carbocycles. The van der Waals surface area contributed by atoms with E-state index in [9.17, 15) is 14.7 Å². The maximum Gasteiger partial charge on any atom is 0.267 e. The SMILES string of the molecule is CC1Oc2ccccc2N(CCC(=O)N2CCCCC2CCO)C1=O. The largest absolute Gasteiger partial charge is 0.479 e. The van der Waals surface area contributed by atoms with Gasteiger partial charge in [-0.2, -0.15) is 0 Å². The van der Waals surface area contributed by atoms with Gasteiger partial charge in [-0.1, -0.05) is 12.1 Å². The Morgan fingerprint density at radius 3 is 2.92 bits per heavy atom. The fraction of sp³-hybridized carbons (Fsp3) is 0.579. The van der Waals surface area contributed by atoms with E-state index in [1.807, 2.05) is 29.2 Å². The first-order valence-electron chi connectivity index (χ1n) is 9.09. The molecule has 2 aliphatic heterocycles. The number of piperidine rings is 1. The summed E-state index contributed by atoms with van der Waals surface area (Å²) in [4.78, 5) is 28.7. The van der Waals surface area contributed by atoms with Crippen LogP contribution in [0.4, 0.5) is 5.69 Å². The third-order valence-electron chi connectivity index (χ3n) is 5.03. The van der Waals surface area contributed by atoms with Gasteiger partial charge in [0.05, 0.1) is 5.69 Å². The third kappa shape index (κ3) is 3.79. The van der Waals surface area contributed by atoms with Crippen molar-refractivity contribution in [3.63, 3.8) is 0 Å². The van der Waals surface area contributed by atoms with Crippen LogP contribution < -0.4 is 9.64 Å². The number of likely N-dealkylation sites (tertiary alicyclic amines) is 1. The van der Waals surface area contributed by atoms with E-state index in [1.54, 1.807) is 11.8 Å². The normalized spacial score (nSPS) is 23.2. The van der Waals surface area contributed by atoms with Crippen LogP contribution in [0.5, 0.6) is 5.75 Å². The first kappa shape index (κ1) is 17.7.